The average molecular weight is 379 g/mol. The fraction of sp³-hybridized carbons (Fsp3) is 0.0625. The Morgan fingerprint density at radius 1 is 1.30 bits per heavy atom. The van der Waals surface area contributed by atoms with Crippen molar-refractivity contribution in [2.24, 2.45) is 0 Å². The number of phenolic OH excluding ortho intramolecular Hbond substituents is 1. The first-order valence-corrected chi connectivity index (χ1v) is 7.10. The molecule has 3 nitrogen and oxygen atoms in total. The van der Waals surface area contributed by atoms with Gasteiger partial charge >= 0.3 is 0 Å². The Hall–Kier alpha value is -1.82. The fourth-order valence-electron chi connectivity index (χ4n) is 1.94. The van der Waals surface area contributed by atoms with Crippen LogP contribution >= 0.6 is 22.6 Å². The van der Waals surface area contributed by atoms with Crippen LogP contribution in [0.3, 0.4) is 0 Å². The third kappa shape index (κ3) is 2.85. The van der Waals surface area contributed by atoms with Crippen molar-refractivity contribution in [2.45, 2.75) is 0 Å². The zero-order valence-electron chi connectivity index (χ0n) is 11.0. The van der Waals surface area contributed by atoms with Gasteiger partial charge in [0, 0.05) is 16.2 Å². The largest absolute Gasteiger partial charge is 0.508 e. The third-order valence-corrected chi connectivity index (χ3v) is 3.94. The third-order valence-electron chi connectivity index (χ3n) is 3.00. The first-order valence-electron chi connectivity index (χ1n) is 6.02. The predicted molar refractivity (Wildman–Crippen MR) is 90.1 cm³/mol. The molecule has 20 heavy (non-hydrogen) atoms. The van der Waals surface area contributed by atoms with Crippen molar-refractivity contribution >= 4 is 40.3 Å². The summed E-state index contributed by atoms with van der Waals surface area (Å²) in [5.41, 5.74) is 2.08. The number of rotatable bonds is 3. The van der Waals surface area contributed by atoms with Crippen LogP contribution in [0.25, 0.3) is 6.08 Å². The highest BCUT2D eigenvalue weighted by atomic mass is 127. The highest BCUT2D eigenvalue weighted by Crippen LogP contribution is 2.27. The van der Waals surface area contributed by atoms with E-state index in [1.807, 2.05) is 18.2 Å². The number of nitrogens with zero attached hydrogens (tertiary/aromatic N) is 1. The summed E-state index contributed by atoms with van der Waals surface area (Å²) in [6.07, 6.45) is 1.62. The van der Waals surface area contributed by atoms with Gasteiger partial charge in [-0.1, -0.05) is 24.8 Å². The Labute approximate surface area is 131 Å². The molecule has 1 amide bonds. The molecule has 1 N–H and O–H groups in total. The van der Waals surface area contributed by atoms with Crippen molar-refractivity contribution in [1.29, 1.82) is 0 Å². The van der Waals surface area contributed by atoms with Gasteiger partial charge in [0.05, 0.1) is 11.3 Å². The van der Waals surface area contributed by atoms with Crippen LogP contribution in [0, 0.1) is 3.57 Å². The highest BCUT2D eigenvalue weighted by molar-refractivity contribution is 14.1. The Morgan fingerprint density at radius 3 is 2.65 bits per heavy atom. The smallest absolute Gasteiger partial charge is 0.259 e. The van der Waals surface area contributed by atoms with Crippen molar-refractivity contribution in [3.63, 3.8) is 0 Å². The molecule has 0 aromatic heterocycles. The van der Waals surface area contributed by atoms with Gasteiger partial charge in [-0.05, 0) is 52.9 Å². The summed E-state index contributed by atoms with van der Waals surface area (Å²) in [6, 6.07) is 12.3. The van der Waals surface area contributed by atoms with Gasteiger partial charge in [-0.15, -0.1) is 0 Å². The first-order chi connectivity index (χ1) is 9.54. The monoisotopic (exact) mass is 379 g/mol. The topological polar surface area (TPSA) is 40.5 Å². The van der Waals surface area contributed by atoms with Crippen molar-refractivity contribution in [2.75, 3.05) is 11.9 Å². The van der Waals surface area contributed by atoms with Gasteiger partial charge in [-0.2, -0.15) is 0 Å². The Morgan fingerprint density at radius 2 is 2.00 bits per heavy atom. The number of amides is 1. The molecule has 0 unspecified atom stereocenters. The van der Waals surface area contributed by atoms with Crippen molar-refractivity contribution < 1.29 is 9.90 Å². The van der Waals surface area contributed by atoms with E-state index < -0.39 is 0 Å². The average Bonchev–Trinajstić information content (AvgIpc) is 2.46. The van der Waals surface area contributed by atoms with Gasteiger partial charge in [0.25, 0.3) is 5.91 Å². The molecule has 0 heterocycles. The number of carbonyl (C=O) groups is 1. The van der Waals surface area contributed by atoms with Crippen LogP contribution in [0.2, 0.25) is 0 Å². The molecule has 2 aromatic carbocycles. The van der Waals surface area contributed by atoms with Crippen LogP contribution in [-0.2, 0) is 0 Å². The Balaban J connectivity index is 2.41. The Kier molecular flexibility index (Phi) is 4.44. The fourth-order valence-corrected chi connectivity index (χ4v) is 2.55. The van der Waals surface area contributed by atoms with E-state index in [2.05, 4.69) is 29.2 Å². The van der Waals surface area contributed by atoms with E-state index in [0.29, 0.717) is 16.8 Å². The van der Waals surface area contributed by atoms with Crippen LogP contribution in [0.4, 0.5) is 5.69 Å². The molecular weight excluding hydrogens is 365 g/mol. The zero-order chi connectivity index (χ0) is 14.7. The maximum Gasteiger partial charge on any atom is 0.259 e. The summed E-state index contributed by atoms with van der Waals surface area (Å²) >= 11 is 2.14. The number of benzene rings is 2. The number of aromatic hydroxyl groups is 1. The van der Waals surface area contributed by atoms with E-state index in [0.717, 1.165) is 3.57 Å². The van der Waals surface area contributed by atoms with Crippen LogP contribution in [0.1, 0.15) is 15.9 Å². The number of hydrogen-bond donors (Lipinski definition) is 1. The van der Waals surface area contributed by atoms with E-state index in [1.165, 1.54) is 0 Å². The SMILES string of the molecule is C=Cc1cc(O)ccc1N(C)C(=O)c1ccccc1I. The molecule has 102 valence electrons. The minimum absolute atomic E-state index is 0.0937. The molecule has 0 atom stereocenters. The molecule has 0 fully saturated rings. The van der Waals surface area contributed by atoms with Gasteiger partial charge < -0.3 is 10.0 Å². The number of carbonyl (C=O) groups excluding carboxylic acids is 1. The molecule has 0 spiro atoms. The van der Waals surface area contributed by atoms with Gasteiger partial charge in [-0.3, -0.25) is 4.79 Å². The van der Waals surface area contributed by atoms with Crippen molar-refractivity contribution in [1.82, 2.24) is 0 Å². The molecule has 2 rings (SSSR count). The standard InChI is InChI=1S/C16H14INO2/c1-3-11-10-12(19)8-9-15(11)18(2)16(20)13-6-4-5-7-14(13)17/h3-10,19H,1H2,2H3. The van der Waals surface area contributed by atoms with Gasteiger partial charge in [0.15, 0.2) is 0 Å². The summed E-state index contributed by atoms with van der Waals surface area (Å²) in [7, 11) is 1.71. The molecule has 0 bridgehead atoms. The van der Waals surface area contributed by atoms with E-state index in [9.17, 15) is 9.90 Å². The Bertz CT molecular complexity index is 667. The summed E-state index contributed by atoms with van der Waals surface area (Å²) in [5.74, 6) is 0.0579. The quantitative estimate of drug-likeness (QED) is 0.822. The van der Waals surface area contributed by atoms with E-state index in [4.69, 9.17) is 0 Å². The van der Waals surface area contributed by atoms with E-state index in [-0.39, 0.29) is 11.7 Å². The molecule has 0 saturated heterocycles. The minimum Gasteiger partial charge on any atom is -0.508 e. The van der Waals surface area contributed by atoms with Gasteiger partial charge in [0.1, 0.15) is 5.75 Å². The zero-order valence-corrected chi connectivity index (χ0v) is 13.2. The molecule has 4 heteroatoms. The lowest BCUT2D eigenvalue weighted by Gasteiger charge is -2.20. The summed E-state index contributed by atoms with van der Waals surface area (Å²) in [6.45, 7) is 3.71. The molecular formula is C16H14INO2. The maximum absolute atomic E-state index is 12.5. The maximum atomic E-state index is 12.5. The van der Waals surface area contributed by atoms with Gasteiger partial charge in [0.2, 0.25) is 0 Å². The van der Waals surface area contributed by atoms with Crippen molar-refractivity contribution in [3.8, 4) is 5.75 Å². The van der Waals surface area contributed by atoms with Crippen LogP contribution in [-0.4, -0.2) is 18.1 Å². The molecule has 2 aromatic rings. The van der Waals surface area contributed by atoms with Crippen molar-refractivity contribution in [3.05, 3.63) is 63.7 Å². The summed E-state index contributed by atoms with van der Waals surface area (Å²) in [4.78, 5) is 14.1. The summed E-state index contributed by atoms with van der Waals surface area (Å²) < 4.78 is 0.904. The van der Waals surface area contributed by atoms with Crippen LogP contribution in [0.5, 0.6) is 5.75 Å². The summed E-state index contributed by atoms with van der Waals surface area (Å²) in [5, 5.41) is 9.50. The number of phenols is 1. The molecule has 0 radical (unpaired) electrons. The first kappa shape index (κ1) is 14.6. The second kappa shape index (κ2) is 6.09. The lowest BCUT2D eigenvalue weighted by atomic mass is 10.1. The molecule has 0 aliphatic heterocycles. The molecule has 0 saturated carbocycles. The van der Waals surface area contributed by atoms with Gasteiger partial charge in [-0.25, -0.2) is 0 Å². The lowest BCUT2D eigenvalue weighted by molar-refractivity contribution is 0.0992. The number of hydrogen-bond acceptors (Lipinski definition) is 2. The van der Waals surface area contributed by atoms with E-state index >= 15 is 0 Å². The lowest BCUT2D eigenvalue weighted by Crippen LogP contribution is -2.27. The number of halogens is 1. The minimum atomic E-state index is -0.0937. The normalized spacial score (nSPS) is 10.1. The molecule has 0 aliphatic carbocycles. The van der Waals surface area contributed by atoms with Crippen LogP contribution < -0.4 is 4.90 Å². The molecule has 0 aliphatic rings. The number of anilines is 1. The second-order valence-electron chi connectivity index (χ2n) is 4.29. The van der Waals surface area contributed by atoms with E-state index in [1.54, 1.807) is 42.3 Å². The second-order valence-corrected chi connectivity index (χ2v) is 5.45. The van der Waals surface area contributed by atoms with Crippen LogP contribution in [0.15, 0.2) is 49.0 Å². The highest BCUT2D eigenvalue weighted by Gasteiger charge is 2.17. The predicted octanol–water partition coefficient (Wildman–Crippen LogP) is 3.92.